The van der Waals surface area contributed by atoms with Crippen LogP contribution in [0.25, 0.3) is 0 Å². The molecule has 290 valence electrons. The van der Waals surface area contributed by atoms with E-state index in [1.54, 1.807) is 6.08 Å². The van der Waals surface area contributed by atoms with Gasteiger partial charge in [0.15, 0.2) is 0 Å². The molecule has 2 unspecified atom stereocenters. The zero-order valence-corrected chi connectivity index (χ0v) is 33.2. The van der Waals surface area contributed by atoms with Crippen LogP contribution >= 0.6 is 0 Å². The second-order valence-electron chi connectivity index (χ2n) is 14.4. The van der Waals surface area contributed by atoms with E-state index in [0.717, 1.165) is 44.9 Å². The Morgan fingerprint density at radius 1 is 0.480 bits per heavy atom. The number of hydrogen-bond donors (Lipinski definition) is 3. The Bertz CT molecular complexity index is 842. The maximum Gasteiger partial charge on any atom is 0.220 e. The highest BCUT2D eigenvalue weighted by molar-refractivity contribution is 5.76. The van der Waals surface area contributed by atoms with Gasteiger partial charge in [0, 0.05) is 6.42 Å². The van der Waals surface area contributed by atoms with Crippen LogP contribution in [-0.2, 0) is 4.79 Å². The molecule has 3 N–H and O–H groups in total. The maximum atomic E-state index is 12.3. The van der Waals surface area contributed by atoms with Crippen molar-refractivity contribution in [3.8, 4) is 0 Å². The van der Waals surface area contributed by atoms with Gasteiger partial charge in [0.05, 0.1) is 18.8 Å². The van der Waals surface area contributed by atoms with E-state index in [1.165, 1.54) is 141 Å². The number of carbonyl (C=O) groups is 1. The summed E-state index contributed by atoms with van der Waals surface area (Å²) in [7, 11) is 0. The molecule has 0 saturated carbocycles. The molecule has 0 aromatic heterocycles. The Morgan fingerprint density at radius 3 is 1.30 bits per heavy atom. The normalized spacial score (nSPS) is 13.6. The zero-order chi connectivity index (χ0) is 36.4. The van der Waals surface area contributed by atoms with E-state index in [9.17, 15) is 15.0 Å². The second kappa shape index (κ2) is 41.5. The smallest absolute Gasteiger partial charge is 0.220 e. The summed E-state index contributed by atoms with van der Waals surface area (Å²) in [5.41, 5.74) is 0. The highest BCUT2D eigenvalue weighted by atomic mass is 16.3. The second-order valence-corrected chi connectivity index (χ2v) is 14.4. The number of rotatable bonds is 38. The molecule has 0 heterocycles. The van der Waals surface area contributed by atoms with E-state index in [2.05, 4.69) is 67.8 Å². The lowest BCUT2D eigenvalue weighted by Gasteiger charge is -2.19. The topological polar surface area (TPSA) is 69.6 Å². The van der Waals surface area contributed by atoms with Crippen LogP contribution in [0.1, 0.15) is 206 Å². The first-order valence-electron chi connectivity index (χ1n) is 21.5. The lowest BCUT2D eigenvalue weighted by atomic mass is 10.0. The number of allylic oxidation sites excluding steroid dienone is 9. The van der Waals surface area contributed by atoms with Gasteiger partial charge in [0.1, 0.15) is 0 Å². The average Bonchev–Trinajstić information content (AvgIpc) is 3.12. The molecule has 0 radical (unpaired) electrons. The number of hydrogen-bond acceptors (Lipinski definition) is 3. The lowest BCUT2D eigenvalue weighted by Crippen LogP contribution is -2.45. The fourth-order valence-corrected chi connectivity index (χ4v) is 6.14. The van der Waals surface area contributed by atoms with Crippen LogP contribution in [0.4, 0.5) is 0 Å². The predicted octanol–water partition coefficient (Wildman–Crippen LogP) is 13.3. The molecule has 0 bridgehead atoms. The van der Waals surface area contributed by atoms with Gasteiger partial charge >= 0.3 is 0 Å². The van der Waals surface area contributed by atoms with Crippen LogP contribution < -0.4 is 5.32 Å². The molecule has 4 nitrogen and oxygen atoms in total. The van der Waals surface area contributed by atoms with Crippen molar-refractivity contribution in [1.29, 1.82) is 0 Å². The number of amides is 1. The molecule has 0 fully saturated rings. The Balaban J connectivity index is 3.56. The van der Waals surface area contributed by atoms with Crippen molar-refractivity contribution in [3.63, 3.8) is 0 Å². The van der Waals surface area contributed by atoms with Gasteiger partial charge in [-0.3, -0.25) is 4.79 Å². The number of nitrogens with one attached hydrogen (secondary N) is 1. The molecule has 0 spiro atoms. The monoisotopic (exact) mass is 698 g/mol. The fraction of sp³-hybridized carbons (Fsp3) is 0.761. The largest absolute Gasteiger partial charge is 0.394 e. The number of unbranched alkanes of at least 4 members (excludes halogenated alkanes) is 23. The predicted molar refractivity (Wildman–Crippen MR) is 221 cm³/mol. The lowest BCUT2D eigenvalue weighted by molar-refractivity contribution is -0.123. The van der Waals surface area contributed by atoms with Crippen molar-refractivity contribution in [1.82, 2.24) is 5.32 Å². The molecular weight excluding hydrogens is 615 g/mol. The van der Waals surface area contributed by atoms with Crippen LogP contribution in [0, 0.1) is 0 Å². The summed E-state index contributed by atoms with van der Waals surface area (Å²) in [6, 6.07) is -0.640. The maximum absolute atomic E-state index is 12.3. The van der Waals surface area contributed by atoms with E-state index in [4.69, 9.17) is 0 Å². The highest BCUT2D eigenvalue weighted by Gasteiger charge is 2.17. The van der Waals surface area contributed by atoms with Crippen molar-refractivity contribution < 1.29 is 15.0 Å². The molecule has 0 aliphatic rings. The fourth-order valence-electron chi connectivity index (χ4n) is 6.14. The Hall–Kier alpha value is -1.91. The third-order valence-corrected chi connectivity index (χ3v) is 9.47. The van der Waals surface area contributed by atoms with Crippen molar-refractivity contribution >= 4 is 5.91 Å². The Morgan fingerprint density at radius 2 is 0.840 bits per heavy atom. The summed E-state index contributed by atoms with van der Waals surface area (Å²) < 4.78 is 0. The third kappa shape index (κ3) is 37.3. The molecule has 0 aromatic carbocycles. The van der Waals surface area contributed by atoms with E-state index in [-0.39, 0.29) is 12.5 Å². The summed E-state index contributed by atoms with van der Waals surface area (Å²) in [6.07, 6.45) is 57.6. The molecule has 0 rings (SSSR count). The summed E-state index contributed by atoms with van der Waals surface area (Å²) in [5.74, 6) is -0.0796. The van der Waals surface area contributed by atoms with Crippen LogP contribution in [0.3, 0.4) is 0 Å². The summed E-state index contributed by atoms with van der Waals surface area (Å²) in [4.78, 5) is 12.3. The van der Waals surface area contributed by atoms with E-state index in [1.807, 2.05) is 6.08 Å². The van der Waals surface area contributed by atoms with Crippen molar-refractivity contribution in [2.24, 2.45) is 0 Å². The van der Waals surface area contributed by atoms with Crippen molar-refractivity contribution in [3.05, 3.63) is 60.8 Å². The van der Waals surface area contributed by atoms with Crippen LogP contribution in [0.2, 0.25) is 0 Å². The molecule has 0 saturated heterocycles. The minimum atomic E-state index is -0.862. The van der Waals surface area contributed by atoms with E-state index < -0.39 is 12.1 Å². The van der Waals surface area contributed by atoms with Crippen molar-refractivity contribution in [2.45, 2.75) is 219 Å². The van der Waals surface area contributed by atoms with Gasteiger partial charge in [-0.1, -0.05) is 190 Å². The molecule has 2 atom stereocenters. The van der Waals surface area contributed by atoms with Gasteiger partial charge in [-0.2, -0.15) is 0 Å². The SMILES string of the molecule is CCCCCCC/C=C\C/C=C\C/C=C\CCCCCCCCCCCCCCC(=O)NC(CO)C(O)/C=C/CC/C=C/CCCCCCC. The van der Waals surface area contributed by atoms with Gasteiger partial charge in [-0.15, -0.1) is 0 Å². The molecule has 0 aliphatic carbocycles. The van der Waals surface area contributed by atoms with Gasteiger partial charge in [-0.05, 0) is 70.6 Å². The standard InChI is InChI=1S/C46H83NO3/c1-3-5-7-9-11-13-15-16-17-18-19-20-21-22-23-24-25-26-27-28-29-30-32-34-36-38-40-42-46(50)47-44(43-48)45(49)41-39-37-35-33-31-14-12-10-8-6-4-2/h15-16,18-19,21-22,31,33,39,41,44-45,48-49H,3-14,17,20,23-30,32,34-38,40,42-43H2,1-2H3,(H,47,50)/b16-15-,19-18-,22-21-,33-31+,41-39+. The minimum absolute atomic E-state index is 0.0796. The third-order valence-electron chi connectivity index (χ3n) is 9.47. The molecular formula is C46H83NO3. The van der Waals surface area contributed by atoms with Gasteiger partial charge in [0.25, 0.3) is 0 Å². The first-order chi connectivity index (χ1) is 24.7. The summed E-state index contributed by atoms with van der Waals surface area (Å²) >= 11 is 0. The Kier molecular flexibility index (Phi) is 39.9. The first-order valence-corrected chi connectivity index (χ1v) is 21.5. The molecule has 0 aliphatic heterocycles. The number of aliphatic hydroxyl groups excluding tert-OH is 2. The summed E-state index contributed by atoms with van der Waals surface area (Å²) in [5, 5.41) is 22.9. The first kappa shape index (κ1) is 48.1. The van der Waals surface area contributed by atoms with Crippen molar-refractivity contribution in [2.75, 3.05) is 6.61 Å². The molecule has 1 amide bonds. The van der Waals surface area contributed by atoms with Gasteiger partial charge < -0.3 is 15.5 Å². The molecule has 0 aromatic rings. The summed E-state index contributed by atoms with van der Waals surface area (Å²) in [6.45, 7) is 4.25. The highest BCUT2D eigenvalue weighted by Crippen LogP contribution is 2.14. The van der Waals surface area contributed by atoms with Gasteiger partial charge in [0.2, 0.25) is 5.91 Å². The Labute approximate surface area is 311 Å². The zero-order valence-electron chi connectivity index (χ0n) is 33.2. The van der Waals surface area contributed by atoms with E-state index in [0.29, 0.717) is 6.42 Å². The van der Waals surface area contributed by atoms with E-state index >= 15 is 0 Å². The van der Waals surface area contributed by atoms with Crippen LogP contribution in [0.5, 0.6) is 0 Å². The van der Waals surface area contributed by atoms with Gasteiger partial charge in [-0.25, -0.2) is 0 Å². The van der Waals surface area contributed by atoms with Crippen LogP contribution in [-0.4, -0.2) is 34.9 Å². The quantitative estimate of drug-likeness (QED) is 0.0444. The molecule has 4 heteroatoms. The van der Waals surface area contributed by atoms with Crippen LogP contribution in [0.15, 0.2) is 60.8 Å². The number of carbonyl (C=O) groups excluding carboxylic acids is 1. The number of aliphatic hydroxyl groups is 2. The average molecular weight is 698 g/mol. The minimum Gasteiger partial charge on any atom is -0.394 e. The molecule has 50 heavy (non-hydrogen) atoms.